The highest BCUT2D eigenvalue weighted by atomic mass is 16.6. The SMILES string of the molecule is Cn1ccnc1CCNC1=NCCN(C(=O)OC(C)(C)C)C1. The lowest BCUT2D eigenvalue weighted by molar-refractivity contribution is 0.0276. The van der Waals surface area contributed by atoms with Crippen LogP contribution in [-0.2, 0) is 18.2 Å². The second kappa shape index (κ2) is 6.81. The molecule has 1 aliphatic rings. The van der Waals surface area contributed by atoms with E-state index in [2.05, 4.69) is 15.3 Å². The molecule has 7 heteroatoms. The van der Waals surface area contributed by atoms with E-state index in [9.17, 15) is 4.79 Å². The maximum Gasteiger partial charge on any atom is 0.410 e. The molecule has 1 aromatic heterocycles. The molecule has 1 aliphatic heterocycles. The van der Waals surface area contributed by atoms with Crippen molar-refractivity contribution in [1.29, 1.82) is 0 Å². The number of nitrogens with one attached hydrogen (secondary N) is 1. The van der Waals surface area contributed by atoms with Crippen molar-refractivity contribution in [3.05, 3.63) is 18.2 Å². The highest BCUT2D eigenvalue weighted by Crippen LogP contribution is 2.11. The number of amides is 1. The van der Waals surface area contributed by atoms with E-state index >= 15 is 0 Å². The largest absolute Gasteiger partial charge is 0.444 e. The molecule has 0 fully saturated rings. The predicted molar refractivity (Wildman–Crippen MR) is 85.0 cm³/mol. The van der Waals surface area contributed by atoms with Gasteiger partial charge in [-0.15, -0.1) is 0 Å². The zero-order valence-corrected chi connectivity index (χ0v) is 13.8. The number of hydrogen-bond donors (Lipinski definition) is 1. The van der Waals surface area contributed by atoms with Crippen LogP contribution in [-0.4, -0.2) is 58.2 Å². The predicted octanol–water partition coefficient (Wildman–Crippen LogP) is 1.20. The van der Waals surface area contributed by atoms with E-state index in [4.69, 9.17) is 4.74 Å². The molecule has 2 rings (SSSR count). The fourth-order valence-electron chi connectivity index (χ4n) is 2.17. The zero-order chi connectivity index (χ0) is 16.2. The van der Waals surface area contributed by atoms with Gasteiger partial charge >= 0.3 is 6.09 Å². The van der Waals surface area contributed by atoms with Crippen molar-refractivity contribution >= 4 is 11.9 Å². The van der Waals surface area contributed by atoms with Crippen LogP contribution in [0.2, 0.25) is 0 Å². The Morgan fingerprint density at radius 2 is 2.23 bits per heavy atom. The molecule has 0 bridgehead atoms. The summed E-state index contributed by atoms with van der Waals surface area (Å²) in [5.41, 5.74) is -0.475. The van der Waals surface area contributed by atoms with Crippen LogP contribution >= 0.6 is 0 Å². The number of imidazole rings is 1. The summed E-state index contributed by atoms with van der Waals surface area (Å²) in [6, 6.07) is 0. The number of aliphatic imine (C=N–C) groups is 1. The molecule has 0 aromatic carbocycles. The molecule has 0 unspecified atom stereocenters. The Labute approximate surface area is 131 Å². The Morgan fingerprint density at radius 3 is 2.86 bits per heavy atom. The highest BCUT2D eigenvalue weighted by Gasteiger charge is 2.24. The van der Waals surface area contributed by atoms with Crippen molar-refractivity contribution in [2.75, 3.05) is 26.2 Å². The van der Waals surface area contributed by atoms with Gasteiger partial charge in [-0.3, -0.25) is 9.89 Å². The number of carbonyl (C=O) groups excluding carboxylic acids is 1. The Bertz CT molecular complexity index is 544. The summed E-state index contributed by atoms with van der Waals surface area (Å²) in [6.07, 6.45) is 4.25. The fraction of sp³-hybridized carbons (Fsp3) is 0.667. The second-order valence-electron chi connectivity index (χ2n) is 6.36. The van der Waals surface area contributed by atoms with Crippen molar-refractivity contribution in [2.24, 2.45) is 12.0 Å². The van der Waals surface area contributed by atoms with Crippen LogP contribution in [0.1, 0.15) is 26.6 Å². The van der Waals surface area contributed by atoms with Gasteiger partial charge in [0.05, 0.1) is 13.1 Å². The van der Waals surface area contributed by atoms with Crippen molar-refractivity contribution in [2.45, 2.75) is 32.8 Å². The van der Waals surface area contributed by atoms with Gasteiger partial charge in [-0.05, 0) is 20.8 Å². The smallest absolute Gasteiger partial charge is 0.410 e. The second-order valence-corrected chi connectivity index (χ2v) is 6.36. The third-order valence-electron chi connectivity index (χ3n) is 3.26. The molecule has 0 aliphatic carbocycles. The maximum absolute atomic E-state index is 12.1. The van der Waals surface area contributed by atoms with Crippen molar-refractivity contribution in [3.8, 4) is 0 Å². The molecule has 1 aromatic rings. The molecule has 22 heavy (non-hydrogen) atoms. The Kier molecular flexibility index (Phi) is 5.05. The third-order valence-corrected chi connectivity index (χ3v) is 3.26. The molecule has 0 atom stereocenters. The normalized spacial score (nSPS) is 15.5. The number of aryl methyl sites for hydroxylation is 1. The van der Waals surface area contributed by atoms with Crippen LogP contribution in [0.4, 0.5) is 4.79 Å². The number of rotatable bonds is 3. The summed E-state index contributed by atoms with van der Waals surface area (Å²) in [5, 5.41) is 3.28. The van der Waals surface area contributed by atoms with E-state index in [1.165, 1.54) is 0 Å². The fourth-order valence-corrected chi connectivity index (χ4v) is 2.17. The van der Waals surface area contributed by atoms with Crippen LogP contribution in [0, 0.1) is 0 Å². The first kappa shape index (κ1) is 16.3. The Morgan fingerprint density at radius 1 is 1.45 bits per heavy atom. The molecule has 1 N–H and O–H groups in total. The van der Waals surface area contributed by atoms with Crippen molar-refractivity contribution in [3.63, 3.8) is 0 Å². The number of hydrogen-bond acceptors (Lipinski definition) is 5. The average Bonchev–Trinajstić information content (AvgIpc) is 2.83. The van der Waals surface area contributed by atoms with E-state index < -0.39 is 5.60 Å². The summed E-state index contributed by atoms with van der Waals surface area (Å²) in [6.45, 7) is 8.02. The molecular formula is C15H25N5O2. The van der Waals surface area contributed by atoms with Crippen LogP contribution in [0.5, 0.6) is 0 Å². The van der Waals surface area contributed by atoms with E-state index in [1.807, 2.05) is 38.6 Å². The lowest BCUT2D eigenvalue weighted by Crippen LogP contribution is -2.47. The minimum absolute atomic E-state index is 0.286. The first-order valence-corrected chi connectivity index (χ1v) is 7.56. The van der Waals surface area contributed by atoms with Crippen LogP contribution in [0.3, 0.4) is 0 Å². The Hall–Kier alpha value is -2.05. The summed E-state index contributed by atoms with van der Waals surface area (Å²) in [7, 11) is 1.98. The van der Waals surface area contributed by atoms with Crippen LogP contribution in [0.15, 0.2) is 17.4 Å². The van der Waals surface area contributed by atoms with Gasteiger partial charge in [-0.25, -0.2) is 9.78 Å². The first-order valence-electron chi connectivity index (χ1n) is 7.56. The van der Waals surface area contributed by atoms with E-state index in [-0.39, 0.29) is 6.09 Å². The lowest BCUT2D eigenvalue weighted by Gasteiger charge is -2.29. The summed E-state index contributed by atoms with van der Waals surface area (Å²) >= 11 is 0. The van der Waals surface area contributed by atoms with Gasteiger partial charge in [0.2, 0.25) is 0 Å². The molecule has 0 saturated heterocycles. The van der Waals surface area contributed by atoms with Crippen molar-refractivity contribution in [1.82, 2.24) is 19.8 Å². The molecule has 0 spiro atoms. The number of carbonyl (C=O) groups is 1. The number of aromatic nitrogens is 2. The van der Waals surface area contributed by atoms with E-state index in [0.717, 1.165) is 24.6 Å². The highest BCUT2D eigenvalue weighted by molar-refractivity contribution is 5.87. The van der Waals surface area contributed by atoms with Gasteiger partial charge in [0.1, 0.15) is 17.3 Å². The van der Waals surface area contributed by atoms with Gasteiger partial charge in [-0.2, -0.15) is 0 Å². The Balaban J connectivity index is 1.79. The third kappa shape index (κ3) is 4.75. The number of nitrogens with zero attached hydrogens (tertiary/aromatic N) is 4. The van der Waals surface area contributed by atoms with Crippen LogP contribution < -0.4 is 5.32 Å². The lowest BCUT2D eigenvalue weighted by atomic mass is 10.2. The summed E-state index contributed by atoms with van der Waals surface area (Å²) in [4.78, 5) is 22.5. The topological polar surface area (TPSA) is 71.8 Å². The monoisotopic (exact) mass is 307 g/mol. The van der Waals surface area contributed by atoms with Gasteiger partial charge in [0, 0.05) is 39.0 Å². The maximum atomic E-state index is 12.1. The minimum atomic E-state index is -0.475. The molecular weight excluding hydrogens is 282 g/mol. The van der Waals surface area contributed by atoms with Gasteiger partial charge in [-0.1, -0.05) is 0 Å². The zero-order valence-electron chi connectivity index (χ0n) is 13.8. The van der Waals surface area contributed by atoms with Gasteiger partial charge in [0.25, 0.3) is 0 Å². The van der Waals surface area contributed by atoms with Crippen molar-refractivity contribution < 1.29 is 9.53 Å². The summed E-state index contributed by atoms with van der Waals surface area (Å²) in [5.74, 6) is 1.85. The molecule has 0 saturated carbocycles. The molecule has 2 heterocycles. The van der Waals surface area contributed by atoms with Crippen LogP contribution in [0.25, 0.3) is 0 Å². The van der Waals surface area contributed by atoms with E-state index in [1.54, 1.807) is 11.1 Å². The molecule has 7 nitrogen and oxygen atoms in total. The van der Waals surface area contributed by atoms with E-state index in [0.29, 0.717) is 19.6 Å². The standard InChI is InChI=1S/C15H25N5O2/c1-15(2,3)22-14(21)20-10-8-17-12(11-20)16-6-5-13-18-7-9-19(13)4/h7,9H,5-6,8,10-11H2,1-4H3,(H,16,17). The molecule has 122 valence electrons. The molecule has 0 radical (unpaired) electrons. The minimum Gasteiger partial charge on any atom is -0.444 e. The first-order chi connectivity index (χ1) is 10.3. The number of amidine groups is 1. The van der Waals surface area contributed by atoms with Gasteiger partial charge < -0.3 is 14.6 Å². The number of ether oxygens (including phenoxy) is 1. The van der Waals surface area contributed by atoms with Gasteiger partial charge in [0.15, 0.2) is 0 Å². The average molecular weight is 307 g/mol. The molecule has 1 amide bonds. The summed E-state index contributed by atoms with van der Waals surface area (Å²) < 4.78 is 7.39. The quantitative estimate of drug-likeness (QED) is 0.911.